The van der Waals surface area contributed by atoms with E-state index in [9.17, 15) is 0 Å². The Morgan fingerprint density at radius 2 is 2.21 bits per heavy atom. The Morgan fingerprint density at radius 3 is 3.08 bits per heavy atom. The first kappa shape index (κ1) is 15.3. The molecule has 0 bridgehead atoms. The molecule has 3 nitrogen and oxygen atoms in total. The summed E-state index contributed by atoms with van der Waals surface area (Å²) in [4.78, 5) is 0. The number of ether oxygens (including phenoxy) is 2. The van der Waals surface area contributed by atoms with E-state index in [0.717, 1.165) is 18.8 Å². The van der Waals surface area contributed by atoms with Crippen molar-refractivity contribution in [2.24, 2.45) is 5.92 Å². The summed E-state index contributed by atoms with van der Waals surface area (Å²) in [5.74, 6) is 1.34. The average Bonchev–Trinajstić information content (AvgIpc) is 3.09. The van der Waals surface area contributed by atoms with Gasteiger partial charge in [-0.15, -0.1) is 0 Å². The minimum atomic E-state index is 0.184. The molecular formula is C21H23NO2. The highest BCUT2D eigenvalue weighted by Gasteiger charge is 2.41. The van der Waals surface area contributed by atoms with Gasteiger partial charge in [0.1, 0.15) is 12.4 Å². The number of anilines is 1. The van der Waals surface area contributed by atoms with Crippen LogP contribution in [-0.4, -0.2) is 13.2 Å². The van der Waals surface area contributed by atoms with E-state index in [1.165, 1.54) is 22.4 Å². The van der Waals surface area contributed by atoms with Gasteiger partial charge < -0.3 is 14.8 Å². The van der Waals surface area contributed by atoms with Gasteiger partial charge in [-0.25, -0.2) is 0 Å². The molecule has 1 N–H and O–H groups in total. The lowest BCUT2D eigenvalue weighted by Crippen LogP contribution is -2.29. The highest BCUT2D eigenvalue weighted by Crippen LogP contribution is 2.50. The first-order chi connectivity index (χ1) is 11.8. The monoisotopic (exact) mass is 321 g/mol. The Bertz CT molecular complexity index is 755. The van der Waals surface area contributed by atoms with Crippen LogP contribution in [-0.2, 0) is 4.74 Å². The van der Waals surface area contributed by atoms with E-state index in [0.29, 0.717) is 12.5 Å². The third kappa shape index (κ3) is 2.69. The molecule has 2 aliphatic rings. The number of hydrogen-bond donors (Lipinski definition) is 1. The number of aryl methyl sites for hydroxylation is 1. The Morgan fingerprint density at radius 1 is 1.29 bits per heavy atom. The molecule has 0 unspecified atom stereocenters. The zero-order valence-electron chi connectivity index (χ0n) is 14.0. The van der Waals surface area contributed by atoms with Gasteiger partial charge in [0.15, 0.2) is 0 Å². The Kier molecular flexibility index (Phi) is 4.03. The van der Waals surface area contributed by atoms with E-state index in [4.69, 9.17) is 9.47 Å². The lowest BCUT2D eigenvalue weighted by atomic mass is 9.80. The van der Waals surface area contributed by atoms with E-state index in [1.54, 1.807) is 6.08 Å². The van der Waals surface area contributed by atoms with Crippen LogP contribution in [0.15, 0.2) is 55.1 Å². The molecule has 4 rings (SSSR count). The van der Waals surface area contributed by atoms with Gasteiger partial charge in [-0.2, -0.15) is 0 Å². The maximum absolute atomic E-state index is 6.10. The van der Waals surface area contributed by atoms with Gasteiger partial charge in [0, 0.05) is 23.8 Å². The predicted molar refractivity (Wildman–Crippen MR) is 96.5 cm³/mol. The van der Waals surface area contributed by atoms with E-state index >= 15 is 0 Å². The number of benzene rings is 2. The van der Waals surface area contributed by atoms with Gasteiger partial charge in [-0.3, -0.25) is 0 Å². The molecule has 0 saturated carbocycles. The second-order valence-electron chi connectivity index (χ2n) is 6.63. The molecule has 2 heterocycles. The maximum atomic E-state index is 6.10. The minimum absolute atomic E-state index is 0.184. The molecule has 2 aromatic rings. The lowest BCUT2D eigenvalue weighted by molar-refractivity contribution is 0.0828. The van der Waals surface area contributed by atoms with Gasteiger partial charge in [0.2, 0.25) is 0 Å². The van der Waals surface area contributed by atoms with Gasteiger partial charge in [0.05, 0.1) is 12.1 Å². The summed E-state index contributed by atoms with van der Waals surface area (Å²) in [6.07, 6.45) is 3.03. The van der Waals surface area contributed by atoms with Crippen molar-refractivity contribution in [1.29, 1.82) is 0 Å². The maximum Gasteiger partial charge on any atom is 0.120 e. The van der Waals surface area contributed by atoms with Crippen LogP contribution in [0.25, 0.3) is 0 Å². The van der Waals surface area contributed by atoms with Crippen LogP contribution >= 0.6 is 0 Å². The number of fused-ring (bicyclic) bond motifs is 3. The SMILES string of the molecule is C=CCOc1cccc([C@H]2Nc3ccc(C)cc3[C@H]3OCC[C@@H]23)c1. The van der Waals surface area contributed by atoms with Gasteiger partial charge in [0.25, 0.3) is 0 Å². The van der Waals surface area contributed by atoms with E-state index in [1.807, 2.05) is 6.07 Å². The van der Waals surface area contributed by atoms with Crippen LogP contribution in [0.3, 0.4) is 0 Å². The minimum Gasteiger partial charge on any atom is -0.490 e. The summed E-state index contributed by atoms with van der Waals surface area (Å²) in [6.45, 7) is 7.20. The summed E-state index contributed by atoms with van der Waals surface area (Å²) in [5, 5.41) is 3.74. The summed E-state index contributed by atoms with van der Waals surface area (Å²) < 4.78 is 11.8. The standard InChI is InChI=1S/C21H23NO2/c1-3-10-23-16-6-4-5-15(13-16)20-17-9-11-24-21(17)18-12-14(2)7-8-19(18)22-20/h3-8,12-13,17,20-22H,1,9-11H2,2H3/t17-,20+,21-/m0/s1. The van der Waals surface area contributed by atoms with Crippen LogP contribution in [0, 0.1) is 12.8 Å². The van der Waals surface area contributed by atoms with Crippen molar-refractivity contribution in [3.8, 4) is 5.75 Å². The topological polar surface area (TPSA) is 30.5 Å². The molecule has 0 aliphatic carbocycles. The molecule has 1 saturated heterocycles. The van der Waals surface area contributed by atoms with Crippen molar-refractivity contribution in [1.82, 2.24) is 0 Å². The second kappa shape index (κ2) is 6.33. The van der Waals surface area contributed by atoms with Gasteiger partial charge in [-0.05, 0) is 37.1 Å². The molecule has 0 spiro atoms. The van der Waals surface area contributed by atoms with Crippen LogP contribution in [0.5, 0.6) is 5.75 Å². The normalized spacial score (nSPS) is 24.6. The summed E-state index contributed by atoms with van der Waals surface area (Å²) in [5.41, 5.74) is 5.02. The van der Waals surface area contributed by atoms with Crippen LogP contribution in [0.2, 0.25) is 0 Å². The highest BCUT2D eigenvalue weighted by molar-refractivity contribution is 5.58. The molecule has 24 heavy (non-hydrogen) atoms. The fraction of sp³-hybridized carbons (Fsp3) is 0.333. The molecular weight excluding hydrogens is 298 g/mol. The number of hydrogen-bond acceptors (Lipinski definition) is 3. The first-order valence-corrected chi connectivity index (χ1v) is 8.58. The Hall–Kier alpha value is -2.26. The zero-order valence-corrected chi connectivity index (χ0v) is 14.0. The van der Waals surface area contributed by atoms with E-state index < -0.39 is 0 Å². The Balaban J connectivity index is 1.69. The molecule has 2 aliphatic heterocycles. The van der Waals surface area contributed by atoms with Gasteiger partial charge in [-0.1, -0.05) is 42.5 Å². The molecule has 3 heteroatoms. The lowest BCUT2D eigenvalue weighted by Gasteiger charge is -2.36. The molecule has 3 atom stereocenters. The number of rotatable bonds is 4. The third-order valence-corrected chi connectivity index (χ3v) is 4.98. The summed E-state index contributed by atoms with van der Waals surface area (Å²) in [6, 6.07) is 15.2. The average molecular weight is 321 g/mol. The molecule has 124 valence electrons. The second-order valence-corrected chi connectivity index (χ2v) is 6.63. The fourth-order valence-corrected chi connectivity index (χ4v) is 3.87. The van der Waals surface area contributed by atoms with E-state index in [-0.39, 0.29) is 12.1 Å². The fourth-order valence-electron chi connectivity index (χ4n) is 3.87. The number of nitrogens with one attached hydrogen (secondary N) is 1. The summed E-state index contributed by atoms with van der Waals surface area (Å²) in [7, 11) is 0. The smallest absolute Gasteiger partial charge is 0.120 e. The first-order valence-electron chi connectivity index (χ1n) is 8.58. The highest BCUT2D eigenvalue weighted by atomic mass is 16.5. The molecule has 2 aromatic carbocycles. The van der Waals surface area contributed by atoms with Crippen molar-refractivity contribution in [3.63, 3.8) is 0 Å². The third-order valence-electron chi connectivity index (χ3n) is 4.98. The van der Waals surface area contributed by atoms with Crippen molar-refractivity contribution >= 4 is 5.69 Å². The quantitative estimate of drug-likeness (QED) is 0.820. The van der Waals surface area contributed by atoms with Crippen molar-refractivity contribution in [3.05, 3.63) is 71.8 Å². The van der Waals surface area contributed by atoms with Crippen molar-refractivity contribution < 1.29 is 9.47 Å². The summed E-state index contributed by atoms with van der Waals surface area (Å²) >= 11 is 0. The van der Waals surface area contributed by atoms with Crippen molar-refractivity contribution in [2.75, 3.05) is 18.5 Å². The van der Waals surface area contributed by atoms with Gasteiger partial charge >= 0.3 is 0 Å². The molecule has 0 aromatic heterocycles. The largest absolute Gasteiger partial charge is 0.490 e. The molecule has 0 radical (unpaired) electrons. The molecule has 1 fully saturated rings. The molecule has 0 amide bonds. The van der Waals surface area contributed by atoms with Crippen LogP contribution in [0.1, 0.15) is 35.3 Å². The van der Waals surface area contributed by atoms with E-state index in [2.05, 4.69) is 55.2 Å². The zero-order chi connectivity index (χ0) is 16.5. The van der Waals surface area contributed by atoms with Crippen LogP contribution in [0.4, 0.5) is 5.69 Å². The van der Waals surface area contributed by atoms with Crippen molar-refractivity contribution in [2.45, 2.75) is 25.5 Å². The Labute approximate surface area is 143 Å². The van der Waals surface area contributed by atoms with Crippen LogP contribution < -0.4 is 10.1 Å². The predicted octanol–water partition coefficient (Wildman–Crippen LogP) is 4.80.